The Hall–Kier alpha value is -1.82. The Kier molecular flexibility index (Phi) is 3.36. The molecule has 0 radical (unpaired) electrons. The number of nitrogens with zero attached hydrogens (tertiary/aromatic N) is 1. The van der Waals surface area contributed by atoms with E-state index in [1.54, 1.807) is 18.2 Å². The van der Waals surface area contributed by atoms with Crippen LogP contribution in [-0.2, 0) is 16.4 Å². The average molecular weight is 281 g/mol. The second-order valence-corrected chi connectivity index (χ2v) is 6.37. The summed E-state index contributed by atoms with van der Waals surface area (Å²) in [5, 5.41) is 0.463. The Morgan fingerprint density at radius 2 is 2.00 bits per heavy atom. The summed E-state index contributed by atoms with van der Waals surface area (Å²) in [5.41, 5.74) is 1.38. The number of aryl methyl sites for hydroxylation is 1. The van der Waals surface area contributed by atoms with Gasteiger partial charge in [0, 0.05) is 18.7 Å². The van der Waals surface area contributed by atoms with Crippen molar-refractivity contribution >= 4 is 26.7 Å². The fourth-order valence-electron chi connectivity index (χ4n) is 1.79. The Balaban J connectivity index is 2.64. The zero-order valence-corrected chi connectivity index (χ0v) is 11.8. The van der Waals surface area contributed by atoms with Crippen LogP contribution in [0.5, 0.6) is 0 Å². The van der Waals surface area contributed by atoms with Crippen LogP contribution >= 0.6 is 0 Å². The number of anilines is 1. The number of benzene rings is 1. The van der Waals surface area contributed by atoms with Crippen LogP contribution in [0.4, 0.5) is 5.69 Å². The maximum atomic E-state index is 12.0. The van der Waals surface area contributed by atoms with Crippen LogP contribution in [0.2, 0.25) is 0 Å². The summed E-state index contributed by atoms with van der Waals surface area (Å²) in [6.07, 6.45) is 3.14. The number of hydrogen-bond donors (Lipinski definition) is 0. The van der Waals surface area contributed by atoms with Crippen LogP contribution in [0.1, 0.15) is 12.5 Å². The molecule has 0 amide bonds. The molecule has 0 spiro atoms. The van der Waals surface area contributed by atoms with Gasteiger partial charge in [0.2, 0.25) is 10.0 Å². The highest BCUT2D eigenvalue weighted by atomic mass is 32.2. The van der Waals surface area contributed by atoms with Gasteiger partial charge in [-0.3, -0.25) is 9.10 Å². The molecule has 0 unspecified atom stereocenters. The number of sulfonamides is 1. The molecule has 1 heterocycles. The van der Waals surface area contributed by atoms with E-state index in [1.165, 1.54) is 13.3 Å². The van der Waals surface area contributed by atoms with Crippen molar-refractivity contribution in [1.82, 2.24) is 0 Å². The third-order valence-corrected chi connectivity index (χ3v) is 4.28. The molecule has 0 saturated carbocycles. The first-order valence-electron chi connectivity index (χ1n) is 5.83. The molecule has 1 aromatic carbocycles. The Morgan fingerprint density at radius 3 is 2.58 bits per heavy atom. The topological polar surface area (TPSA) is 67.6 Å². The average Bonchev–Trinajstić information content (AvgIpc) is 2.37. The molecule has 0 saturated heterocycles. The van der Waals surface area contributed by atoms with Crippen LogP contribution in [0.3, 0.4) is 0 Å². The third-order valence-electron chi connectivity index (χ3n) is 3.07. The van der Waals surface area contributed by atoms with Crippen molar-refractivity contribution in [2.24, 2.45) is 0 Å². The summed E-state index contributed by atoms with van der Waals surface area (Å²) in [5.74, 6) is 0. The van der Waals surface area contributed by atoms with E-state index in [1.807, 2.05) is 6.92 Å². The summed E-state index contributed by atoms with van der Waals surface area (Å²) in [6, 6.07) is 4.74. The molecule has 1 aromatic heterocycles. The van der Waals surface area contributed by atoms with Gasteiger partial charge in [-0.15, -0.1) is 0 Å². The first-order chi connectivity index (χ1) is 8.84. The van der Waals surface area contributed by atoms with Crippen molar-refractivity contribution < 1.29 is 12.8 Å². The molecule has 5 nitrogen and oxygen atoms in total. The monoisotopic (exact) mass is 281 g/mol. The standard InChI is InChI=1S/C13H15NO4S/c1-4-9-8-18-12-7-10(14(2)19(3,16)17)5-6-11(12)13(9)15/h5-8H,4H2,1-3H3. The molecule has 0 aliphatic rings. The second kappa shape index (κ2) is 4.70. The van der Waals surface area contributed by atoms with E-state index in [0.717, 1.165) is 10.6 Å². The van der Waals surface area contributed by atoms with E-state index >= 15 is 0 Å². The summed E-state index contributed by atoms with van der Waals surface area (Å²) < 4.78 is 29.5. The van der Waals surface area contributed by atoms with Gasteiger partial charge in [0.1, 0.15) is 5.58 Å². The highest BCUT2D eigenvalue weighted by Crippen LogP contribution is 2.21. The van der Waals surface area contributed by atoms with Gasteiger partial charge in [0.05, 0.1) is 23.6 Å². The van der Waals surface area contributed by atoms with E-state index < -0.39 is 10.0 Å². The van der Waals surface area contributed by atoms with Crippen molar-refractivity contribution in [3.8, 4) is 0 Å². The minimum absolute atomic E-state index is 0.0719. The summed E-state index contributed by atoms with van der Waals surface area (Å²) >= 11 is 0. The summed E-state index contributed by atoms with van der Waals surface area (Å²) in [4.78, 5) is 12.0. The van der Waals surface area contributed by atoms with E-state index in [9.17, 15) is 13.2 Å². The minimum atomic E-state index is -3.33. The second-order valence-electron chi connectivity index (χ2n) is 4.35. The highest BCUT2D eigenvalue weighted by Gasteiger charge is 2.14. The Labute approximate surface area is 111 Å². The molecule has 2 aromatic rings. The zero-order chi connectivity index (χ0) is 14.2. The Morgan fingerprint density at radius 1 is 1.32 bits per heavy atom. The number of rotatable bonds is 3. The molecule has 0 N–H and O–H groups in total. The van der Waals surface area contributed by atoms with Crippen molar-refractivity contribution in [2.75, 3.05) is 17.6 Å². The van der Waals surface area contributed by atoms with Crippen LogP contribution in [-0.4, -0.2) is 21.7 Å². The van der Waals surface area contributed by atoms with Crippen LogP contribution in [0, 0.1) is 0 Å². The molecule has 6 heteroatoms. The lowest BCUT2D eigenvalue weighted by molar-refractivity contribution is 0.593. The number of hydrogen-bond acceptors (Lipinski definition) is 4. The van der Waals surface area contributed by atoms with Gasteiger partial charge in [-0.1, -0.05) is 6.92 Å². The van der Waals surface area contributed by atoms with Gasteiger partial charge in [-0.2, -0.15) is 0 Å². The molecule has 102 valence electrons. The van der Waals surface area contributed by atoms with Gasteiger partial charge in [0.25, 0.3) is 0 Å². The molecule has 0 fully saturated rings. The summed E-state index contributed by atoms with van der Waals surface area (Å²) in [6.45, 7) is 1.88. The predicted octanol–water partition coefficient (Wildman–Crippen LogP) is 1.75. The zero-order valence-electron chi connectivity index (χ0n) is 11.0. The fraction of sp³-hybridized carbons (Fsp3) is 0.308. The molecule has 2 rings (SSSR count). The quantitative estimate of drug-likeness (QED) is 0.859. The third kappa shape index (κ3) is 2.49. The Bertz CT molecular complexity index is 777. The summed E-state index contributed by atoms with van der Waals surface area (Å²) in [7, 11) is -1.88. The maximum absolute atomic E-state index is 12.0. The van der Waals surface area contributed by atoms with Gasteiger partial charge in [-0.25, -0.2) is 8.42 Å². The first kappa shape index (κ1) is 13.6. The largest absolute Gasteiger partial charge is 0.464 e. The van der Waals surface area contributed by atoms with Crippen molar-refractivity contribution in [3.05, 3.63) is 40.2 Å². The van der Waals surface area contributed by atoms with Crippen molar-refractivity contribution in [3.63, 3.8) is 0 Å². The van der Waals surface area contributed by atoms with Gasteiger partial charge < -0.3 is 4.42 Å². The van der Waals surface area contributed by atoms with Gasteiger partial charge >= 0.3 is 0 Å². The van der Waals surface area contributed by atoms with E-state index in [0.29, 0.717) is 28.6 Å². The van der Waals surface area contributed by atoms with E-state index in [2.05, 4.69) is 0 Å². The fourth-order valence-corrected chi connectivity index (χ4v) is 2.28. The normalized spacial score (nSPS) is 11.7. The molecule has 19 heavy (non-hydrogen) atoms. The van der Waals surface area contributed by atoms with Gasteiger partial charge in [0.15, 0.2) is 5.43 Å². The van der Waals surface area contributed by atoms with Crippen LogP contribution in [0.15, 0.2) is 33.7 Å². The van der Waals surface area contributed by atoms with Crippen LogP contribution in [0.25, 0.3) is 11.0 Å². The maximum Gasteiger partial charge on any atom is 0.231 e. The van der Waals surface area contributed by atoms with Crippen molar-refractivity contribution in [1.29, 1.82) is 0 Å². The molecular weight excluding hydrogens is 266 g/mol. The SMILES string of the molecule is CCc1coc2cc(N(C)S(C)(=O)=O)ccc2c1=O. The minimum Gasteiger partial charge on any atom is -0.464 e. The predicted molar refractivity (Wildman–Crippen MR) is 75.1 cm³/mol. The van der Waals surface area contributed by atoms with Crippen LogP contribution < -0.4 is 9.73 Å². The molecule has 0 atom stereocenters. The molecular formula is C13H15NO4S. The van der Waals surface area contributed by atoms with E-state index in [4.69, 9.17) is 4.42 Å². The van der Waals surface area contributed by atoms with Crippen molar-refractivity contribution in [2.45, 2.75) is 13.3 Å². The lowest BCUT2D eigenvalue weighted by Crippen LogP contribution is -2.24. The van der Waals surface area contributed by atoms with E-state index in [-0.39, 0.29) is 5.43 Å². The first-order valence-corrected chi connectivity index (χ1v) is 7.67. The highest BCUT2D eigenvalue weighted by molar-refractivity contribution is 7.92. The lowest BCUT2D eigenvalue weighted by Gasteiger charge is -2.16. The molecule has 0 bridgehead atoms. The van der Waals surface area contributed by atoms with Gasteiger partial charge in [-0.05, 0) is 18.6 Å². The smallest absolute Gasteiger partial charge is 0.231 e. The lowest BCUT2D eigenvalue weighted by atomic mass is 10.1. The molecule has 0 aliphatic carbocycles. The number of fused-ring (bicyclic) bond motifs is 1. The molecule has 0 aliphatic heterocycles.